The van der Waals surface area contributed by atoms with Crippen LogP contribution in [0, 0.1) is 5.41 Å². The third kappa shape index (κ3) is 8.84. The molecule has 0 saturated carbocycles. The van der Waals surface area contributed by atoms with Crippen molar-refractivity contribution in [1.29, 1.82) is 0 Å². The number of phenols is 1. The smallest absolute Gasteiger partial charge is 0.277 e. The molecule has 0 aromatic heterocycles. The van der Waals surface area contributed by atoms with E-state index >= 15 is 0 Å². The van der Waals surface area contributed by atoms with Gasteiger partial charge in [0.15, 0.2) is 6.61 Å². The summed E-state index contributed by atoms with van der Waals surface area (Å²) in [6.07, 6.45) is 2.62. The lowest BCUT2D eigenvalue weighted by atomic mass is 9.72. The summed E-state index contributed by atoms with van der Waals surface area (Å²) in [6, 6.07) is 7.94. The molecule has 0 aliphatic rings. The van der Waals surface area contributed by atoms with Gasteiger partial charge >= 0.3 is 0 Å². The predicted molar refractivity (Wildman–Crippen MR) is 166 cm³/mol. The monoisotopic (exact) mass is 650 g/mol. The lowest BCUT2D eigenvalue weighted by Crippen LogP contribution is -2.26. The number of nitrogens with one attached hydrogen (secondary N) is 1. The number of carbonyl (C=O) groups is 1. The van der Waals surface area contributed by atoms with Crippen LogP contribution in [0.25, 0.3) is 0 Å². The quantitative estimate of drug-likeness (QED) is 0.232. The van der Waals surface area contributed by atoms with Crippen LogP contribution in [-0.2, 0) is 21.0 Å². The third-order valence-electron chi connectivity index (χ3n) is 6.25. The van der Waals surface area contributed by atoms with Gasteiger partial charge in [0.2, 0.25) is 0 Å². The number of rotatable bonds is 7. The first-order valence-electron chi connectivity index (χ1n) is 12.9. The lowest BCUT2D eigenvalue weighted by Gasteiger charge is -2.33. The van der Waals surface area contributed by atoms with Crippen molar-refractivity contribution in [2.75, 3.05) is 6.61 Å². The molecule has 0 aliphatic carbocycles. The number of halogens is 2. The Morgan fingerprint density at radius 1 is 0.895 bits per heavy atom. The van der Waals surface area contributed by atoms with Gasteiger partial charge in [0.25, 0.3) is 5.91 Å². The Balaban J connectivity index is 2.14. The molecule has 0 saturated heterocycles. The Morgan fingerprint density at radius 3 is 1.79 bits per heavy atom. The number of aromatic hydroxyl groups is 1. The zero-order valence-corrected chi connectivity index (χ0v) is 27.9. The van der Waals surface area contributed by atoms with E-state index in [9.17, 15) is 9.90 Å². The zero-order valence-electron chi connectivity index (χ0n) is 24.8. The number of hydrazone groups is 1. The highest BCUT2D eigenvalue weighted by Gasteiger charge is 2.29. The normalized spacial score (nSPS) is 13.2. The summed E-state index contributed by atoms with van der Waals surface area (Å²) < 4.78 is 7.40. The maximum Gasteiger partial charge on any atom is 0.277 e. The molecule has 0 aliphatic heterocycles. The molecule has 38 heavy (non-hydrogen) atoms. The Labute approximate surface area is 246 Å². The first kappa shape index (κ1) is 32.4. The van der Waals surface area contributed by atoms with E-state index in [4.69, 9.17) is 4.74 Å². The standard InChI is InChI=1S/C31H44Br2N2O3/c1-28(2,3)18-31(10,11)20-14-23(32)27(24(33)15-20)38-17-25(36)35-34-16-19-12-21(29(4,5)6)26(37)22(13-19)30(7,8)9/h12-16,37H,17-18H2,1-11H3,(H,35,36)/b34-16-. The number of ether oxygens (including phenoxy) is 1. The highest BCUT2D eigenvalue weighted by atomic mass is 79.9. The lowest BCUT2D eigenvalue weighted by molar-refractivity contribution is -0.123. The molecular weight excluding hydrogens is 608 g/mol. The first-order chi connectivity index (χ1) is 17.1. The molecule has 2 aromatic carbocycles. The van der Waals surface area contributed by atoms with Crippen LogP contribution in [-0.4, -0.2) is 23.8 Å². The van der Waals surface area contributed by atoms with Gasteiger partial charge in [0.05, 0.1) is 15.2 Å². The molecule has 0 unspecified atom stereocenters. The van der Waals surface area contributed by atoms with Gasteiger partial charge in [0.1, 0.15) is 11.5 Å². The number of phenolic OH excluding ortho intramolecular Hbond substituents is 1. The van der Waals surface area contributed by atoms with Gasteiger partial charge in [-0.05, 0) is 95.3 Å². The summed E-state index contributed by atoms with van der Waals surface area (Å²) in [5, 5.41) is 15.0. The summed E-state index contributed by atoms with van der Waals surface area (Å²) >= 11 is 7.24. The molecule has 210 valence electrons. The van der Waals surface area contributed by atoms with Crippen LogP contribution >= 0.6 is 31.9 Å². The van der Waals surface area contributed by atoms with Gasteiger partial charge in [-0.2, -0.15) is 5.10 Å². The average molecular weight is 653 g/mol. The fraction of sp³-hybridized carbons (Fsp3) is 0.548. The van der Waals surface area contributed by atoms with Crippen molar-refractivity contribution in [3.63, 3.8) is 0 Å². The summed E-state index contributed by atoms with van der Waals surface area (Å²) in [4.78, 5) is 12.5. The topological polar surface area (TPSA) is 70.9 Å². The molecule has 0 atom stereocenters. The summed E-state index contributed by atoms with van der Waals surface area (Å²) in [5.41, 5.74) is 5.88. The van der Waals surface area contributed by atoms with E-state index in [-0.39, 0.29) is 34.2 Å². The van der Waals surface area contributed by atoms with Crippen LogP contribution in [0.1, 0.15) is 105 Å². The van der Waals surface area contributed by atoms with Crippen molar-refractivity contribution >= 4 is 44.0 Å². The van der Waals surface area contributed by atoms with Gasteiger partial charge in [-0.3, -0.25) is 4.79 Å². The van der Waals surface area contributed by atoms with E-state index in [1.165, 1.54) is 5.56 Å². The van der Waals surface area contributed by atoms with Crippen LogP contribution in [0.2, 0.25) is 0 Å². The van der Waals surface area contributed by atoms with Crippen LogP contribution in [0.15, 0.2) is 38.3 Å². The van der Waals surface area contributed by atoms with Gasteiger partial charge in [-0.15, -0.1) is 0 Å². The second kappa shape index (κ2) is 11.7. The average Bonchev–Trinajstić information content (AvgIpc) is 2.70. The molecular formula is C31H44Br2N2O3. The van der Waals surface area contributed by atoms with E-state index in [0.717, 1.165) is 32.1 Å². The second-order valence-electron chi connectivity index (χ2n) is 13.9. The zero-order chi connectivity index (χ0) is 29.3. The Bertz CT molecular complexity index is 1140. The van der Waals surface area contributed by atoms with Crippen molar-refractivity contribution in [2.24, 2.45) is 10.5 Å². The van der Waals surface area contributed by atoms with Crippen LogP contribution in [0.4, 0.5) is 0 Å². The molecule has 2 rings (SSSR count). The Morgan fingerprint density at radius 2 is 1.37 bits per heavy atom. The molecule has 0 bridgehead atoms. The largest absolute Gasteiger partial charge is 0.507 e. The number of nitrogens with zero attached hydrogens (tertiary/aromatic N) is 1. The molecule has 2 N–H and O–H groups in total. The van der Waals surface area contributed by atoms with Crippen LogP contribution in [0.3, 0.4) is 0 Å². The minimum atomic E-state index is -0.372. The molecule has 0 fully saturated rings. The fourth-order valence-corrected chi connectivity index (χ4v) is 6.16. The summed E-state index contributed by atoms with van der Waals surface area (Å²) in [5.74, 6) is 0.509. The highest BCUT2D eigenvalue weighted by Crippen LogP contribution is 2.42. The Kier molecular flexibility index (Phi) is 9.97. The molecule has 2 aromatic rings. The van der Waals surface area contributed by atoms with E-state index < -0.39 is 0 Å². The maximum atomic E-state index is 12.5. The third-order valence-corrected chi connectivity index (χ3v) is 7.43. The van der Waals surface area contributed by atoms with E-state index in [1.807, 2.05) is 12.1 Å². The molecule has 0 radical (unpaired) electrons. The van der Waals surface area contributed by atoms with Crippen molar-refractivity contribution in [3.8, 4) is 11.5 Å². The van der Waals surface area contributed by atoms with E-state index in [2.05, 4.69) is 131 Å². The molecule has 0 heterocycles. The number of benzene rings is 2. The van der Waals surface area contributed by atoms with Gasteiger partial charge in [-0.25, -0.2) is 5.43 Å². The van der Waals surface area contributed by atoms with E-state index in [1.54, 1.807) is 6.21 Å². The van der Waals surface area contributed by atoms with Crippen molar-refractivity contribution in [3.05, 3.63) is 55.5 Å². The van der Waals surface area contributed by atoms with Crippen LogP contribution < -0.4 is 10.2 Å². The minimum absolute atomic E-state index is 0.0259. The molecule has 5 nitrogen and oxygen atoms in total. The van der Waals surface area contributed by atoms with Crippen molar-refractivity contribution in [1.82, 2.24) is 5.43 Å². The highest BCUT2D eigenvalue weighted by molar-refractivity contribution is 9.11. The van der Waals surface area contributed by atoms with E-state index in [0.29, 0.717) is 11.5 Å². The molecule has 1 amide bonds. The molecule has 7 heteroatoms. The van der Waals surface area contributed by atoms with Crippen LogP contribution in [0.5, 0.6) is 11.5 Å². The van der Waals surface area contributed by atoms with Crippen molar-refractivity contribution < 1.29 is 14.6 Å². The Hall–Kier alpha value is -1.86. The fourth-order valence-electron chi connectivity index (χ4n) is 4.74. The first-order valence-corrected chi connectivity index (χ1v) is 14.5. The number of amides is 1. The minimum Gasteiger partial charge on any atom is -0.507 e. The number of carbonyl (C=O) groups excluding carboxylic acids is 1. The number of hydrogen-bond acceptors (Lipinski definition) is 4. The predicted octanol–water partition coefficient (Wildman–Crippen LogP) is 8.76. The molecule has 0 spiro atoms. The summed E-state index contributed by atoms with van der Waals surface area (Å²) in [7, 11) is 0. The number of hydrogen-bond donors (Lipinski definition) is 2. The maximum absolute atomic E-state index is 12.5. The van der Waals surface area contributed by atoms with Gasteiger partial charge in [-0.1, -0.05) is 76.2 Å². The van der Waals surface area contributed by atoms with Crippen molar-refractivity contribution in [2.45, 2.75) is 98.8 Å². The van der Waals surface area contributed by atoms with Gasteiger partial charge in [0, 0.05) is 11.1 Å². The SMILES string of the molecule is CC(C)(C)CC(C)(C)c1cc(Br)c(OCC(=O)N/N=C\c2cc(C(C)(C)C)c(O)c(C(C)(C)C)c2)c(Br)c1. The summed E-state index contributed by atoms with van der Waals surface area (Å²) in [6.45, 7) is 23.4. The van der Waals surface area contributed by atoms with Gasteiger partial charge < -0.3 is 9.84 Å². The second-order valence-corrected chi connectivity index (χ2v) is 15.6.